The van der Waals surface area contributed by atoms with E-state index in [1.165, 1.54) is 0 Å². The summed E-state index contributed by atoms with van der Waals surface area (Å²) in [5, 5.41) is 12.2. The van der Waals surface area contributed by atoms with Crippen molar-refractivity contribution < 1.29 is 28.6 Å². The second-order valence-electron chi connectivity index (χ2n) is 14.5. The lowest BCUT2D eigenvalue weighted by Crippen LogP contribution is -2.61. The van der Waals surface area contributed by atoms with Gasteiger partial charge in [0.2, 0.25) is 0 Å². The summed E-state index contributed by atoms with van der Waals surface area (Å²) in [5.41, 5.74) is 6.20. The van der Waals surface area contributed by atoms with Crippen LogP contribution in [0.3, 0.4) is 0 Å². The topological polar surface area (TPSA) is 151 Å². The van der Waals surface area contributed by atoms with Crippen molar-refractivity contribution in [1.82, 2.24) is 25.2 Å². The quantitative estimate of drug-likeness (QED) is 0.0872. The van der Waals surface area contributed by atoms with Crippen LogP contribution >= 0.6 is 0 Å². The van der Waals surface area contributed by atoms with Gasteiger partial charge in [-0.1, -0.05) is 44.2 Å². The predicted molar refractivity (Wildman–Crippen MR) is 193 cm³/mol. The number of benzene rings is 1. The average molecular weight is 691 g/mol. The van der Waals surface area contributed by atoms with Gasteiger partial charge in [0.15, 0.2) is 5.60 Å². The molecule has 9 atom stereocenters. The number of cyclic esters (lactones) is 1. The number of anilines is 1. The number of fused-ring (bicyclic) bond motifs is 1. The number of rotatable bonds is 10. The van der Waals surface area contributed by atoms with Crippen LogP contribution in [-0.2, 0) is 30.3 Å². The van der Waals surface area contributed by atoms with Crippen molar-refractivity contribution >= 4 is 31.4 Å². The summed E-state index contributed by atoms with van der Waals surface area (Å²) in [5.74, 6) is -3.36. The number of aryl methyl sites for hydroxylation is 1. The van der Waals surface area contributed by atoms with E-state index < -0.39 is 53.1 Å². The van der Waals surface area contributed by atoms with Crippen LogP contribution in [0.25, 0.3) is 11.3 Å². The summed E-state index contributed by atoms with van der Waals surface area (Å²) < 4.78 is 20.1. The van der Waals surface area contributed by atoms with E-state index in [2.05, 4.69) is 29.1 Å². The first-order chi connectivity index (χ1) is 23.7. The van der Waals surface area contributed by atoms with Crippen molar-refractivity contribution in [2.45, 2.75) is 115 Å². The highest BCUT2D eigenvalue weighted by atomic mass is 16.6. The zero-order valence-corrected chi connectivity index (χ0v) is 30.8. The number of carbonyl (C=O) groups is 3. The molecule has 0 spiro atoms. The van der Waals surface area contributed by atoms with Gasteiger partial charge in [0.1, 0.15) is 23.5 Å². The minimum absolute atomic E-state index is 0.0992. The van der Waals surface area contributed by atoms with E-state index >= 15 is 0 Å². The van der Waals surface area contributed by atoms with Crippen molar-refractivity contribution in [3.8, 4) is 11.3 Å². The second-order valence-corrected chi connectivity index (χ2v) is 14.5. The standard InChI is InChI=1S/C37H55BN6O6/c1-9-14-28-31(45)24(4)32(38)36(6,48-8)20-23(3)21-40-25(5)33-37(7,30(10-2)49-34(28)46)50-35(47)44(33)18-12-11-17-43-22-29(41-42-43)26-15-13-16-27(39)19-26/h9,13,15-16,19,22-25,28,30,32-33,40H,1,10-12,14,17-18,20-21,39H2,2-8H3/t23-,24+,25-,28-,30-,32-,33-,36-,37-/m1/s1. The first-order valence-electron chi connectivity index (χ1n) is 17.8. The molecule has 4 rings (SSSR count). The van der Waals surface area contributed by atoms with Crippen LogP contribution in [0.5, 0.6) is 0 Å². The summed E-state index contributed by atoms with van der Waals surface area (Å²) in [6, 6.07) is 6.79. The van der Waals surface area contributed by atoms with Gasteiger partial charge in [-0.3, -0.25) is 19.2 Å². The minimum Gasteiger partial charge on any atom is -0.457 e. The zero-order valence-electron chi connectivity index (χ0n) is 30.8. The molecule has 3 heterocycles. The summed E-state index contributed by atoms with van der Waals surface area (Å²) in [7, 11) is 8.32. The first kappa shape index (κ1) is 39.1. The third kappa shape index (κ3) is 8.42. The van der Waals surface area contributed by atoms with Gasteiger partial charge in [0.05, 0.1) is 25.7 Å². The molecule has 2 aliphatic rings. The predicted octanol–water partition coefficient (Wildman–Crippen LogP) is 4.99. The number of carbonyl (C=O) groups excluding carboxylic acids is 3. The molecule has 2 radical (unpaired) electrons. The van der Waals surface area contributed by atoms with Gasteiger partial charge in [-0.05, 0) is 83.3 Å². The number of nitrogens with zero attached hydrogens (tertiary/aromatic N) is 4. The number of hydrogen-bond acceptors (Lipinski definition) is 10. The number of ketones is 1. The molecule has 0 aliphatic carbocycles. The first-order valence-corrected chi connectivity index (χ1v) is 17.8. The highest BCUT2D eigenvalue weighted by Crippen LogP contribution is 2.41. The Bertz CT molecular complexity index is 1500. The monoisotopic (exact) mass is 690 g/mol. The number of methoxy groups -OCH3 is 1. The summed E-state index contributed by atoms with van der Waals surface area (Å²) >= 11 is 0. The van der Waals surface area contributed by atoms with Crippen molar-refractivity contribution in [2.75, 3.05) is 25.9 Å². The number of nitrogen functional groups attached to an aromatic ring is 1. The number of Topliss-reactive ketones (excluding diaryl/α,β-unsaturated/α-hetero) is 1. The molecule has 2 aliphatic heterocycles. The zero-order chi connectivity index (χ0) is 36.8. The Balaban J connectivity index is 1.57. The molecule has 3 N–H and O–H groups in total. The number of amides is 1. The Kier molecular flexibility index (Phi) is 12.9. The average Bonchev–Trinajstić information content (AvgIpc) is 3.67. The van der Waals surface area contributed by atoms with Crippen LogP contribution in [0.2, 0.25) is 5.82 Å². The molecule has 2 aromatic rings. The lowest BCUT2D eigenvalue weighted by molar-refractivity contribution is -0.171. The second kappa shape index (κ2) is 16.5. The molecule has 1 aromatic carbocycles. The van der Waals surface area contributed by atoms with Gasteiger partial charge in [-0.15, -0.1) is 11.7 Å². The molecule has 2 fully saturated rings. The smallest absolute Gasteiger partial charge is 0.410 e. The van der Waals surface area contributed by atoms with Gasteiger partial charge in [-0.25, -0.2) is 4.79 Å². The maximum atomic E-state index is 13.9. The van der Waals surface area contributed by atoms with Gasteiger partial charge in [0, 0.05) is 43.4 Å². The minimum atomic E-state index is -1.19. The van der Waals surface area contributed by atoms with Crippen molar-refractivity contribution in [3.05, 3.63) is 43.1 Å². The summed E-state index contributed by atoms with van der Waals surface area (Å²) in [6.45, 7) is 16.9. The van der Waals surface area contributed by atoms with E-state index in [9.17, 15) is 14.4 Å². The molecule has 272 valence electrons. The number of aromatic nitrogens is 3. The number of nitrogens with one attached hydrogen (secondary N) is 1. The highest BCUT2D eigenvalue weighted by Gasteiger charge is 2.58. The van der Waals surface area contributed by atoms with E-state index in [4.69, 9.17) is 27.8 Å². The molecule has 0 saturated carbocycles. The van der Waals surface area contributed by atoms with Crippen molar-refractivity contribution in [3.63, 3.8) is 0 Å². The van der Waals surface area contributed by atoms with Crippen LogP contribution in [0.1, 0.15) is 73.6 Å². The molecular weight excluding hydrogens is 635 g/mol. The molecular formula is C37H55BN6O6. The fourth-order valence-electron chi connectivity index (χ4n) is 7.74. The van der Waals surface area contributed by atoms with Gasteiger partial charge in [-0.2, -0.15) is 0 Å². The molecule has 2 saturated heterocycles. The number of ether oxygens (including phenoxy) is 3. The Morgan fingerprint density at radius 1 is 1.18 bits per heavy atom. The maximum Gasteiger partial charge on any atom is 0.410 e. The SMILES string of the molecule is [B][C@@H]1[C@@H](C)C(=O)[C@@H](CC=C)C(=O)O[C@H](CC)[C@@]2(C)OC(=O)N(CCCCn3cc(-c4cccc(N)c4)nn3)[C@@H]2[C@@H](C)NC[C@H](C)C[C@@]1(C)OC. The fourth-order valence-corrected chi connectivity index (χ4v) is 7.74. The molecule has 0 bridgehead atoms. The molecule has 1 amide bonds. The highest BCUT2D eigenvalue weighted by molar-refractivity contribution is 6.15. The normalized spacial score (nSPS) is 32.8. The van der Waals surface area contributed by atoms with E-state index in [0.717, 1.165) is 17.7 Å². The largest absolute Gasteiger partial charge is 0.457 e. The molecule has 0 unspecified atom stereocenters. The van der Waals surface area contributed by atoms with Gasteiger partial charge in [0.25, 0.3) is 0 Å². The Morgan fingerprint density at radius 2 is 1.90 bits per heavy atom. The van der Waals surface area contributed by atoms with E-state index in [0.29, 0.717) is 44.6 Å². The van der Waals surface area contributed by atoms with Crippen molar-refractivity contribution in [2.24, 2.45) is 17.8 Å². The third-order valence-corrected chi connectivity index (χ3v) is 10.7. The Labute approximate surface area is 298 Å². The maximum absolute atomic E-state index is 13.9. The number of hydrogen-bond donors (Lipinski definition) is 2. The van der Waals surface area contributed by atoms with Crippen LogP contribution in [0, 0.1) is 17.8 Å². The number of unbranched alkanes of at least 4 members (excludes halogenated alkanes) is 1. The van der Waals surface area contributed by atoms with Crippen LogP contribution < -0.4 is 11.1 Å². The number of nitrogens with two attached hydrogens (primary N) is 1. The number of esters is 1. The molecule has 13 heteroatoms. The van der Waals surface area contributed by atoms with Gasteiger partial charge >= 0.3 is 12.1 Å². The van der Waals surface area contributed by atoms with Crippen molar-refractivity contribution in [1.29, 1.82) is 0 Å². The van der Waals surface area contributed by atoms with Gasteiger partial charge < -0.3 is 25.3 Å². The third-order valence-electron chi connectivity index (χ3n) is 10.7. The lowest BCUT2D eigenvalue weighted by atomic mass is 9.62. The lowest BCUT2D eigenvalue weighted by Gasteiger charge is -2.41. The van der Waals surface area contributed by atoms with E-state index in [-0.39, 0.29) is 24.2 Å². The fraction of sp³-hybridized carbons (Fsp3) is 0.649. The van der Waals surface area contributed by atoms with Crippen LogP contribution in [0.4, 0.5) is 10.5 Å². The van der Waals surface area contributed by atoms with Crippen LogP contribution in [-0.4, -0.2) is 95.2 Å². The Hall–Kier alpha value is -3.71. The van der Waals surface area contributed by atoms with E-state index in [1.807, 2.05) is 58.2 Å². The number of allylic oxidation sites excluding steroid dienone is 1. The summed E-state index contributed by atoms with van der Waals surface area (Å²) in [4.78, 5) is 43.1. The summed E-state index contributed by atoms with van der Waals surface area (Å²) in [6.07, 6.45) is 4.59. The van der Waals surface area contributed by atoms with E-state index in [1.54, 1.807) is 29.7 Å². The Morgan fingerprint density at radius 3 is 2.56 bits per heavy atom. The molecule has 50 heavy (non-hydrogen) atoms. The molecule has 12 nitrogen and oxygen atoms in total. The molecule has 1 aromatic heterocycles. The van der Waals surface area contributed by atoms with Crippen LogP contribution in [0.15, 0.2) is 43.1 Å².